The zero-order valence-corrected chi connectivity index (χ0v) is 70.4. The summed E-state index contributed by atoms with van der Waals surface area (Å²) in [7, 11) is 5.86. The number of nitrogen functional groups attached to an aromatic ring is 1. The van der Waals surface area contributed by atoms with Gasteiger partial charge in [0.25, 0.3) is 0 Å². The fraction of sp³-hybridized carbons (Fsp3) is 0.524. The summed E-state index contributed by atoms with van der Waals surface area (Å²) in [5, 5.41) is 43.6. The number of nitrogens with one attached hydrogen (secondary N) is 9. The number of ether oxygens (including phenoxy) is 1. The average Bonchev–Trinajstić information content (AvgIpc) is 1.38. The molecule has 0 spiro atoms. The van der Waals surface area contributed by atoms with Gasteiger partial charge >= 0.3 is 0 Å². The number of aromatic nitrogens is 2. The Hall–Kier alpha value is -11.4. The molecule has 35 nitrogen and oxygen atoms in total. The van der Waals surface area contributed by atoms with Crippen LogP contribution < -0.4 is 54.0 Å². The SMILES string of the molecule is CCCCC(C(=O)N(C)C(CCCC)C(=O)NC(C)C(=O)NCCSCC=O)N(C)C(=O)C1C/C(c2ccccc2N)=C/N/C=C(\c2ccccc2)CC(NC(=O)C2COCCN2C(=O)[C@H](CCC(=O)N=C(C(CC(N)=O)NC(=O)[C@H](C)N(C)C(=O)C(Cc2ccc(O)cc2)NC)N2CCCC2C=O)CCc2cnc[nH]2)C(=O)N[C@@H](CO)C(=O)N1. The zero-order chi connectivity index (χ0) is 87.5. The lowest BCUT2D eigenvalue weighted by Gasteiger charge is -2.37. The number of anilines is 1. The van der Waals surface area contributed by atoms with Crippen molar-refractivity contribution in [1.82, 2.24) is 77.0 Å². The molecule has 3 aliphatic rings. The smallest absolute Gasteiger partial charge is 0.247 e. The number of aliphatic hydroxyl groups excluding tert-OH is 1. The number of aliphatic imine (C=N–C) groups is 1. The number of amides is 12. The minimum atomic E-state index is -1.82. The van der Waals surface area contributed by atoms with Gasteiger partial charge in [-0.1, -0.05) is 100 Å². The number of aromatic hydroxyl groups is 1. The molecule has 0 saturated carbocycles. The molecule has 15 N–H and O–H groups in total. The normalized spacial score (nSPS) is 19.9. The summed E-state index contributed by atoms with van der Waals surface area (Å²) in [6.45, 7) is 5.60. The Morgan fingerprint density at radius 2 is 1.48 bits per heavy atom. The molecule has 4 heterocycles. The number of likely N-dealkylation sites (N-methyl/N-ethyl adjacent to an activating group) is 4. The van der Waals surface area contributed by atoms with Crippen molar-refractivity contribution in [2.24, 2.45) is 16.6 Å². The van der Waals surface area contributed by atoms with E-state index in [-0.39, 0.29) is 107 Å². The monoisotopic (exact) mass is 1680 g/mol. The number of H-pyrrole nitrogens is 1. The van der Waals surface area contributed by atoms with Crippen LogP contribution in [0.4, 0.5) is 5.69 Å². The molecule has 3 aliphatic heterocycles. The topological polar surface area (TPSA) is 494 Å². The fourth-order valence-corrected chi connectivity index (χ4v) is 15.0. The van der Waals surface area contributed by atoms with Gasteiger partial charge in [-0.2, -0.15) is 16.8 Å². The second-order valence-electron chi connectivity index (χ2n) is 30.2. The Balaban J connectivity index is 1.18. The standard InChI is InChI=1S/C84H118N18O17S/c1-9-11-24-69(79(113)92-52(3)75(109)90-34-39-120-40-37-103)99(7)84(118)70(25-12-10-2)100(8)83(117)67-43-58(62-22-16-17-23-63(62)85)46-88-45-57(55-19-14-13-15-20-55)42-65(77(111)96-68(49-105)78(112)95-67)94-80(114)71-50-119-38-36-102(71)81(115)56(28-30-59-47-89-51-91-59)29-33-73(108)97-74(101-35-18-21-60(101)48-104)64(44-72(86)107)93-76(110)53(4)98(6)82(116)66(87-5)41-54-26-31-61(106)32-27-54/h13-17,19-20,22-23,26-27,31-32,37,45-48,51-53,56,60,64-71,87-88,105-106H,9-12,18,21,24-25,28-30,33-36,38-44,49-50,85H2,1-8H3,(H2,86,107)(H,89,91)(H,90,109)(H,92,113)(H,93,110)(H,94,114)(H,95,112)(H,96,111)/b57-45-,58-46-,97-74?/t52?,53-,56-,60?,64?,65?,66?,67?,68-,69?,70?,71?/m0/s1. The van der Waals surface area contributed by atoms with Gasteiger partial charge in [-0.05, 0) is 113 Å². The number of aliphatic hydroxyl groups is 1. The van der Waals surface area contributed by atoms with Gasteiger partial charge in [0.05, 0.1) is 50.7 Å². The number of nitrogens with two attached hydrogens (primary N) is 2. The number of amidine groups is 1. The molecule has 0 bridgehead atoms. The maximum absolute atomic E-state index is 15.6. The highest BCUT2D eigenvalue weighted by Gasteiger charge is 2.43. The summed E-state index contributed by atoms with van der Waals surface area (Å²) in [6.07, 6.45) is 9.54. The number of aromatic amines is 1. The number of primary amides is 1. The van der Waals surface area contributed by atoms with Crippen molar-refractivity contribution >= 4 is 118 Å². The first kappa shape index (κ1) is 95.8. The van der Waals surface area contributed by atoms with Crippen LogP contribution in [0.1, 0.15) is 140 Å². The van der Waals surface area contributed by atoms with E-state index in [9.17, 15) is 48.6 Å². The number of aldehydes is 2. The molecular formula is C84H118N18O17S. The van der Waals surface area contributed by atoms with E-state index in [0.29, 0.717) is 78.5 Å². The first-order chi connectivity index (χ1) is 57.6. The third-order valence-electron chi connectivity index (χ3n) is 21.7. The van der Waals surface area contributed by atoms with Crippen molar-refractivity contribution in [1.29, 1.82) is 0 Å². The van der Waals surface area contributed by atoms with Gasteiger partial charge < -0.3 is 108 Å². The summed E-state index contributed by atoms with van der Waals surface area (Å²) in [4.78, 5) is 217. The number of phenols is 1. The van der Waals surface area contributed by atoms with E-state index in [0.717, 1.165) is 11.8 Å². The number of carbonyl (C=O) groups is 14. The number of hydrogen-bond acceptors (Lipinski definition) is 22. The maximum Gasteiger partial charge on any atom is 0.247 e. The number of hydrogen-bond donors (Lipinski definition) is 13. The van der Waals surface area contributed by atoms with Crippen LogP contribution in [0.3, 0.4) is 0 Å². The summed E-state index contributed by atoms with van der Waals surface area (Å²) in [6, 6.07) is 7.83. The van der Waals surface area contributed by atoms with E-state index < -0.39 is 163 Å². The number of likely N-dealkylation sites (tertiary alicyclic amines) is 1. The van der Waals surface area contributed by atoms with E-state index in [2.05, 4.69) is 57.5 Å². The molecule has 2 fully saturated rings. The largest absolute Gasteiger partial charge is 0.508 e. The van der Waals surface area contributed by atoms with Crippen LogP contribution >= 0.6 is 11.8 Å². The van der Waals surface area contributed by atoms with Crippen LogP contribution in [0.15, 0.2) is 109 Å². The van der Waals surface area contributed by atoms with Crippen molar-refractivity contribution in [2.45, 2.75) is 197 Å². The Morgan fingerprint density at radius 1 is 0.783 bits per heavy atom. The molecule has 12 atom stereocenters. The van der Waals surface area contributed by atoms with Crippen LogP contribution in [0.5, 0.6) is 5.75 Å². The summed E-state index contributed by atoms with van der Waals surface area (Å²) in [5.41, 5.74) is 15.9. The molecule has 12 amide bonds. The van der Waals surface area contributed by atoms with Crippen LogP contribution in [0.25, 0.3) is 11.1 Å². The molecule has 120 heavy (non-hydrogen) atoms. The van der Waals surface area contributed by atoms with E-state index in [1.54, 1.807) is 92.4 Å². The minimum Gasteiger partial charge on any atom is -0.508 e. The van der Waals surface area contributed by atoms with Crippen LogP contribution in [-0.4, -0.2) is 280 Å². The summed E-state index contributed by atoms with van der Waals surface area (Å²) in [5.74, 6) is -9.39. The van der Waals surface area contributed by atoms with Gasteiger partial charge in [-0.15, -0.1) is 0 Å². The van der Waals surface area contributed by atoms with E-state index in [1.807, 2.05) is 13.8 Å². The van der Waals surface area contributed by atoms with Crippen molar-refractivity contribution in [3.63, 3.8) is 0 Å². The number of aryl methyl sites for hydroxylation is 1. The Bertz CT molecular complexity index is 4250. The summed E-state index contributed by atoms with van der Waals surface area (Å²) >= 11 is 1.33. The van der Waals surface area contributed by atoms with Gasteiger partial charge in [-0.3, -0.25) is 57.5 Å². The number of thioether (sulfide) groups is 1. The van der Waals surface area contributed by atoms with E-state index in [4.69, 9.17) is 16.2 Å². The molecule has 3 aromatic carbocycles. The zero-order valence-electron chi connectivity index (χ0n) is 69.6. The molecule has 36 heteroatoms. The van der Waals surface area contributed by atoms with Crippen molar-refractivity contribution in [3.8, 4) is 5.75 Å². The number of benzene rings is 3. The Kier molecular flexibility index (Phi) is 38.8. The van der Waals surface area contributed by atoms with Gasteiger partial charge in [0.2, 0.25) is 70.9 Å². The molecule has 0 aliphatic carbocycles. The predicted octanol–water partition coefficient (Wildman–Crippen LogP) is 1.38. The number of phenolic OH excluding ortho intramolecular Hbond substituents is 1. The quantitative estimate of drug-likeness (QED) is 0.00981. The van der Waals surface area contributed by atoms with Gasteiger partial charge in [-0.25, -0.2) is 4.98 Å². The third kappa shape index (κ3) is 27.9. The average molecular weight is 1680 g/mol. The van der Waals surface area contributed by atoms with Crippen molar-refractivity contribution in [3.05, 3.63) is 126 Å². The lowest BCUT2D eigenvalue weighted by Crippen LogP contribution is -2.62. The number of nitrogens with zero attached hydrogens (tertiary/aromatic N) is 7. The molecule has 4 aromatic rings. The van der Waals surface area contributed by atoms with Crippen LogP contribution in [0, 0.1) is 5.92 Å². The van der Waals surface area contributed by atoms with Gasteiger partial charge in [0.15, 0.2) is 0 Å². The highest BCUT2D eigenvalue weighted by atomic mass is 32.2. The number of morpholine rings is 1. The van der Waals surface area contributed by atoms with Crippen LogP contribution in [-0.2, 0) is 84.7 Å². The molecule has 0 radical (unpaired) electrons. The van der Waals surface area contributed by atoms with E-state index >= 15 is 28.8 Å². The lowest BCUT2D eigenvalue weighted by molar-refractivity contribution is -0.152. The number of carbonyl (C=O) groups excluding carboxylic acids is 14. The lowest BCUT2D eigenvalue weighted by atomic mass is 9.93. The van der Waals surface area contributed by atoms with Crippen molar-refractivity contribution in [2.75, 3.05) is 84.9 Å². The van der Waals surface area contributed by atoms with Gasteiger partial charge in [0, 0.05) is 113 Å². The molecular weight excluding hydrogens is 1570 g/mol. The maximum atomic E-state index is 15.6. The number of unbranched alkanes of at least 4 members (excludes halogenated alkanes) is 2. The first-order valence-corrected chi connectivity index (χ1v) is 41.9. The van der Waals surface area contributed by atoms with Gasteiger partial charge in [0.1, 0.15) is 72.5 Å². The third-order valence-corrected chi connectivity index (χ3v) is 22.5. The Labute approximate surface area is 703 Å². The van der Waals surface area contributed by atoms with Crippen LogP contribution in [0.2, 0.25) is 0 Å². The Morgan fingerprint density at radius 3 is 2.14 bits per heavy atom. The van der Waals surface area contributed by atoms with Crippen molar-refractivity contribution < 1.29 is 82.1 Å². The minimum absolute atomic E-state index is 0.0402. The number of rotatable bonds is 41. The molecule has 1 aromatic heterocycles. The number of para-hydroxylation sites is 1. The second kappa shape index (κ2) is 48.6. The predicted molar refractivity (Wildman–Crippen MR) is 451 cm³/mol. The summed E-state index contributed by atoms with van der Waals surface area (Å²) < 4.78 is 5.90. The molecule has 7 rings (SSSR count). The molecule has 652 valence electrons. The highest BCUT2D eigenvalue weighted by Crippen LogP contribution is 2.30. The van der Waals surface area contributed by atoms with E-state index in [1.165, 1.54) is 89.7 Å². The number of imidazole rings is 1. The fourth-order valence-electron chi connectivity index (χ4n) is 14.5. The second-order valence-corrected chi connectivity index (χ2v) is 31.3. The first-order valence-electron chi connectivity index (χ1n) is 40.8. The molecule has 2 saturated heterocycles. The molecule has 9 unspecified atom stereocenters. The highest BCUT2D eigenvalue weighted by molar-refractivity contribution is 7.99.